The number of rotatable bonds is 11. The van der Waals surface area contributed by atoms with Gasteiger partial charge in [0, 0.05) is 26.0 Å². The van der Waals surface area contributed by atoms with Gasteiger partial charge >= 0.3 is 5.97 Å². The molecule has 1 aliphatic rings. The number of halogens is 1. The molecule has 0 saturated heterocycles. The Morgan fingerprint density at radius 1 is 0.891 bits per heavy atom. The van der Waals surface area contributed by atoms with E-state index in [2.05, 4.69) is 36.7 Å². The molecule has 1 aromatic heterocycles. The van der Waals surface area contributed by atoms with Crippen LogP contribution in [-0.4, -0.2) is 30.8 Å². The number of hydrogen-bond donors (Lipinski definition) is 3. The third kappa shape index (κ3) is 9.94. The van der Waals surface area contributed by atoms with Gasteiger partial charge in [0.1, 0.15) is 15.9 Å². The molecular formula is C44H42ClN3O5S2. The van der Waals surface area contributed by atoms with Crippen molar-refractivity contribution in [2.24, 2.45) is 11.3 Å². The molecule has 55 heavy (non-hydrogen) atoms. The van der Waals surface area contributed by atoms with Crippen molar-refractivity contribution < 1.29 is 23.9 Å². The number of fused-ring (bicyclic) bond motifs is 1. The zero-order chi connectivity index (χ0) is 39.1. The predicted octanol–water partition coefficient (Wildman–Crippen LogP) is 10.2. The molecule has 0 saturated carbocycles. The first-order valence-electron chi connectivity index (χ1n) is 17.9. The molecule has 282 valence electrons. The fourth-order valence-electron chi connectivity index (χ4n) is 6.50. The number of esters is 1. The Morgan fingerprint density at radius 2 is 1.60 bits per heavy atom. The van der Waals surface area contributed by atoms with E-state index in [4.69, 9.17) is 16.3 Å². The number of carbonyl (C=O) groups is 4. The Kier molecular flexibility index (Phi) is 12.6. The Hall–Kier alpha value is -5.16. The summed E-state index contributed by atoms with van der Waals surface area (Å²) in [6.45, 7) is 6.72. The molecule has 4 aromatic carbocycles. The van der Waals surface area contributed by atoms with E-state index in [0.29, 0.717) is 43.2 Å². The van der Waals surface area contributed by atoms with E-state index in [1.54, 1.807) is 78.9 Å². The van der Waals surface area contributed by atoms with Crippen molar-refractivity contribution in [3.8, 4) is 0 Å². The highest BCUT2D eigenvalue weighted by Gasteiger charge is 2.35. The molecule has 5 aromatic rings. The number of ether oxygens (including phenoxy) is 1. The molecular weight excluding hydrogens is 750 g/mol. The second-order valence-corrected chi connectivity index (χ2v) is 17.0. The molecule has 2 atom stereocenters. The van der Waals surface area contributed by atoms with Gasteiger partial charge in [-0.05, 0) is 95.8 Å². The summed E-state index contributed by atoms with van der Waals surface area (Å²) in [7, 11) is 1.36. The first-order valence-corrected chi connectivity index (χ1v) is 20.0. The molecule has 0 radical (unpaired) electrons. The Balaban J connectivity index is 1.25. The fraction of sp³-hybridized carbons (Fsp3) is 0.227. The maximum Gasteiger partial charge on any atom is 0.341 e. The van der Waals surface area contributed by atoms with Crippen molar-refractivity contribution in [3.05, 3.63) is 153 Å². The van der Waals surface area contributed by atoms with Crippen LogP contribution >= 0.6 is 34.7 Å². The number of benzene rings is 4. The lowest BCUT2D eigenvalue weighted by Crippen LogP contribution is -2.30. The topological polar surface area (TPSA) is 114 Å². The van der Waals surface area contributed by atoms with E-state index in [1.807, 2.05) is 36.4 Å². The van der Waals surface area contributed by atoms with Gasteiger partial charge < -0.3 is 20.7 Å². The van der Waals surface area contributed by atoms with Crippen molar-refractivity contribution in [1.29, 1.82) is 0 Å². The van der Waals surface area contributed by atoms with Crippen LogP contribution in [0.1, 0.15) is 74.7 Å². The second kappa shape index (κ2) is 17.5. The third-order valence-corrected chi connectivity index (χ3v) is 12.1. The number of thioether (sulfide) groups is 1. The second-order valence-electron chi connectivity index (χ2n) is 14.3. The van der Waals surface area contributed by atoms with Gasteiger partial charge in [0.2, 0.25) is 5.91 Å². The van der Waals surface area contributed by atoms with Crippen LogP contribution in [0.15, 0.2) is 120 Å². The van der Waals surface area contributed by atoms with E-state index in [9.17, 15) is 19.2 Å². The minimum atomic E-state index is -0.706. The van der Waals surface area contributed by atoms with Crippen molar-refractivity contribution in [2.45, 2.75) is 50.2 Å². The Morgan fingerprint density at radius 3 is 2.29 bits per heavy atom. The van der Waals surface area contributed by atoms with Crippen molar-refractivity contribution >= 4 is 75.2 Å². The maximum absolute atomic E-state index is 14.3. The SMILES string of the molecule is COC(=O)c1c(NC(=O)C(Sc2cccc(NC(=O)/C(=C/c3cccc(Cl)c3)NC(=O)c3ccccc3)c2)c2ccccc2)sc2c1CCC(C(C)(C)C)C2. The number of methoxy groups -OCH3 is 1. The van der Waals surface area contributed by atoms with Crippen LogP contribution in [0.2, 0.25) is 5.02 Å². The average molecular weight is 792 g/mol. The summed E-state index contributed by atoms with van der Waals surface area (Å²) < 4.78 is 5.21. The summed E-state index contributed by atoms with van der Waals surface area (Å²) in [6, 6.07) is 32.1. The van der Waals surface area contributed by atoms with Crippen molar-refractivity contribution in [3.63, 3.8) is 0 Å². The van der Waals surface area contributed by atoms with Gasteiger partial charge in [-0.2, -0.15) is 0 Å². The third-order valence-electron chi connectivity index (χ3n) is 9.49. The Labute approximate surface area is 334 Å². The molecule has 8 nitrogen and oxygen atoms in total. The molecule has 3 amide bonds. The molecule has 11 heteroatoms. The number of hydrogen-bond acceptors (Lipinski definition) is 7. The number of thiophene rings is 1. The van der Waals surface area contributed by atoms with Gasteiger partial charge in [-0.25, -0.2) is 4.79 Å². The van der Waals surface area contributed by atoms with Gasteiger partial charge in [0.05, 0.1) is 12.7 Å². The van der Waals surface area contributed by atoms with Gasteiger partial charge in [0.25, 0.3) is 11.8 Å². The van der Waals surface area contributed by atoms with Gasteiger partial charge in [-0.1, -0.05) is 99.1 Å². The monoisotopic (exact) mass is 791 g/mol. The largest absolute Gasteiger partial charge is 0.465 e. The first-order chi connectivity index (χ1) is 26.4. The highest BCUT2D eigenvalue weighted by atomic mass is 35.5. The maximum atomic E-state index is 14.3. The van der Waals surface area contributed by atoms with Crippen LogP contribution in [0, 0.1) is 11.3 Å². The highest BCUT2D eigenvalue weighted by molar-refractivity contribution is 8.00. The Bertz CT molecular complexity index is 2230. The molecule has 0 fully saturated rings. The molecule has 1 aliphatic carbocycles. The summed E-state index contributed by atoms with van der Waals surface area (Å²) in [5.41, 5.74) is 3.78. The van der Waals surface area contributed by atoms with Crippen LogP contribution in [0.3, 0.4) is 0 Å². The molecule has 0 aliphatic heterocycles. The fourth-order valence-corrected chi connectivity index (χ4v) is 9.10. The minimum Gasteiger partial charge on any atom is -0.465 e. The number of carbonyl (C=O) groups excluding carboxylic acids is 4. The predicted molar refractivity (Wildman–Crippen MR) is 223 cm³/mol. The molecule has 2 unspecified atom stereocenters. The van der Waals surface area contributed by atoms with Crippen LogP contribution in [-0.2, 0) is 27.2 Å². The van der Waals surface area contributed by atoms with Crippen LogP contribution in [0.4, 0.5) is 10.7 Å². The zero-order valence-electron chi connectivity index (χ0n) is 31.0. The smallest absolute Gasteiger partial charge is 0.341 e. The normalized spacial score (nSPS) is 14.6. The number of nitrogens with one attached hydrogen (secondary N) is 3. The number of anilines is 2. The lowest BCUT2D eigenvalue weighted by molar-refractivity contribution is -0.116. The van der Waals surface area contributed by atoms with Gasteiger partial charge in [-0.15, -0.1) is 23.1 Å². The van der Waals surface area contributed by atoms with Gasteiger partial charge in [-0.3, -0.25) is 14.4 Å². The summed E-state index contributed by atoms with van der Waals surface area (Å²) in [4.78, 5) is 56.1. The summed E-state index contributed by atoms with van der Waals surface area (Å²) >= 11 is 8.99. The summed E-state index contributed by atoms with van der Waals surface area (Å²) in [5, 5.41) is 9.04. The quantitative estimate of drug-likeness (QED) is 0.0697. The number of amides is 3. The lowest BCUT2D eigenvalue weighted by atomic mass is 9.72. The molecule has 0 spiro atoms. The summed E-state index contributed by atoms with van der Waals surface area (Å²) in [6.07, 6.45) is 4.10. The van der Waals surface area contributed by atoms with Crippen molar-refractivity contribution in [1.82, 2.24) is 5.32 Å². The van der Waals surface area contributed by atoms with Gasteiger partial charge in [0.15, 0.2) is 0 Å². The molecule has 0 bridgehead atoms. The van der Waals surface area contributed by atoms with E-state index < -0.39 is 23.0 Å². The van der Waals surface area contributed by atoms with E-state index >= 15 is 0 Å². The first kappa shape index (κ1) is 39.5. The molecule has 3 N–H and O–H groups in total. The molecule has 6 rings (SSSR count). The zero-order valence-corrected chi connectivity index (χ0v) is 33.4. The lowest BCUT2D eigenvalue weighted by Gasteiger charge is -2.33. The van der Waals surface area contributed by atoms with E-state index in [-0.39, 0.29) is 17.0 Å². The molecule has 1 heterocycles. The van der Waals surface area contributed by atoms with Crippen LogP contribution in [0.5, 0.6) is 0 Å². The highest BCUT2D eigenvalue weighted by Crippen LogP contribution is 2.45. The van der Waals surface area contributed by atoms with E-state index in [1.165, 1.54) is 30.2 Å². The standard InChI is InChI=1S/C44H42ClN3O5S2/c1-44(2,3)30-21-22-34-36(25-30)55-42(37(34)43(52)53-4)48-41(51)38(28-14-7-5-8-15-28)54-33-20-12-19-32(26-33)46-40(50)35(24-27-13-11-18-31(45)23-27)47-39(49)29-16-9-6-10-17-29/h5-20,23-24,26,30,38H,21-22,25H2,1-4H3,(H,46,50)(H,47,49)(H,48,51)/b35-24-. The van der Waals surface area contributed by atoms with E-state index in [0.717, 1.165) is 35.3 Å². The average Bonchev–Trinajstić information content (AvgIpc) is 3.54. The van der Waals surface area contributed by atoms with Crippen LogP contribution in [0.25, 0.3) is 6.08 Å². The van der Waals surface area contributed by atoms with Crippen molar-refractivity contribution in [2.75, 3.05) is 17.7 Å². The van der Waals surface area contributed by atoms with Crippen LogP contribution < -0.4 is 16.0 Å². The summed E-state index contributed by atoms with van der Waals surface area (Å²) in [5.74, 6) is -1.29. The minimum absolute atomic E-state index is 0.0181.